The first-order valence-corrected chi connectivity index (χ1v) is 13.3. The fourth-order valence-corrected chi connectivity index (χ4v) is 4.98. The first kappa shape index (κ1) is 25.3. The van der Waals surface area contributed by atoms with Crippen molar-refractivity contribution in [3.05, 3.63) is 101 Å². The largest absolute Gasteiger partial charge is 0.618 e. The Morgan fingerprint density at radius 3 is 2.48 bits per heavy atom. The second kappa shape index (κ2) is 11.0. The molecule has 0 spiro atoms. The van der Waals surface area contributed by atoms with E-state index in [1.165, 1.54) is 6.20 Å². The van der Waals surface area contributed by atoms with Crippen molar-refractivity contribution >= 4 is 11.2 Å². The second-order valence-corrected chi connectivity index (χ2v) is 9.59. The summed E-state index contributed by atoms with van der Waals surface area (Å²) in [5.74, 6) is 1.48. The monoisotopic (exact) mass is 532 g/mol. The highest BCUT2D eigenvalue weighted by Gasteiger charge is 2.20. The second-order valence-electron chi connectivity index (χ2n) is 9.59. The van der Waals surface area contributed by atoms with Crippen LogP contribution in [0.25, 0.3) is 44.9 Å². The van der Waals surface area contributed by atoms with Crippen LogP contribution in [0.4, 0.5) is 0 Å². The number of rotatable bonds is 9. The molecule has 4 heterocycles. The van der Waals surface area contributed by atoms with E-state index in [0.717, 1.165) is 52.1 Å². The van der Waals surface area contributed by atoms with E-state index in [0.29, 0.717) is 40.5 Å². The molecule has 2 N–H and O–H groups in total. The van der Waals surface area contributed by atoms with Crippen molar-refractivity contribution in [2.24, 2.45) is 0 Å². The minimum atomic E-state index is -0.288. The quantitative estimate of drug-likeness (QED) is 0.207. The molecule has 4 aromatic heterocycles. The van der Waals surface area contributed by atoms with Crippen molar-refractivity contribution < 1.29 is 9.84 Å². The van der Waals surface area contributed by atoms with Gasteiger partial charge in [0.15, 0.2) is 11.8 Å². The number of hydrogen-bond acceptors (Lipinski definition) is 7. The normalized spacial score (nSPS) is 11.3. The van der Waals surface area contributed by atoms with Crippen LogP contribution in [0.2, 0.25) is 0 Å². The third kappa shape index (κ3) is 4.80. The number of aromatic amines is 1. The number of H-pyrrole nitrogens is 1. The van der Waals surface area contributed by atoms with Crippen LogP contribution in [-0.2, 0) is 19.6 Å². The summed E-state index contributed by atoms with van der Waals surface area (Å²) >= 11 is 0. The van der Waals surface area contributed by atoms with E-state index in [2.05, 4.69) is 56.4 Å². The number of aliphatic hydroxyl groups is 1. The van der Waals surface area contributed by atoms with Crippen LogP contribution < -0.4 is 4.73 Å². The molecule has 200 valence electrons. The molecule has 2 aromatic carbocycles. The summed E-state index contributed by atoms with van der Waals surface area (Å²) in [6.07, 6.45) is 4.28. The lowest BCUT2D eigenvalue weighted by Gasteiger charge is -2.12. The Balaban J connectivity index is 1.38. The van der Waals surface area contributed by atoms with Gasteiger partial charge in [0.2, 0.25) is 11.5 Å². The van der Waals surface area contributed by atoms with Crippen molar-refractivity contribution in [2.75, 3.05) is 0 Å². The van der Waals surface area contributed by atoms with Crippen LogP contribution >= 0.6 is 0 Å². The molecule has 0 saturated carbocycles. The number of imidazole rings is 1. The zero-order valence-corrected chi connectivity index (χ0v) is 22.0. The van der Waals surface area contributed by atoms with E-state index < -0.39 is 0 Å². The number of nitrogens with one attached hydrogen (secondary N) is 1. The molecule has 0 bridgehead atoms. The predicted molar refractivity (Wildman–Crippen MR) is 151 cm³/mol. The maximum absolute atomic E-state index is 12.5. The fraction of sp³-hybridized carbons (Fsp3) is 0.200. The van der Waals surface area contributed by atoms with Gasteiger partial charge in [0, 0.05) is 24.1 Å². The number of unbranched alkanes of at least 4 members (excludes halogenated alkanes) is 1. The van der Waals surface area contributed by atoms with Gasteiger partial charge >= 0.3 is 0 Å². The summed E-state index contributed by atoms with van der Waals surface area (Å²) < 4.78 is 2.90. The van der Waals surface area contributed by atoms with Crippen LogP contribution in [0.15, 0.2) is 79.0 Å². The standard InChI is InChI=1S/C30H28N8O2/c1-2-3-11-28-31-25-17-24(27-10-6-7-16-38(27)40)26(19-39)32-30(25)37(28)18-20-12-14-21(15-13-20)22-8-4-5-9-23(22)29-33-35-36-34-29/h4-10,12-17,39H,2-3,11,18-19H2,1H3,(H,33,34,35,36). The molecular weight excluding hydrogens is 504 g/mol. The van der Waals surface area contributed by atoms with Gasteiger partial charge in [-0.15, -0.1) is 10.2 Å². The molecule has 10 nitrogen and oxygen atoms in total. The number of aryl methyl sites for hydroxylation is 1. The van der Waals surface area contributed by atoms with E-state index in [9.17, 15) is 10.3 Å². The van der Waals surface area contributed by atoms with Gasteiger partial charge in [-0.1, -0.05) is 61.9 Å². The molecular formula is C30H28N8O2. The average molecular weight is 533 g/mol. The molecule has 40 heavy (non-hydrogen) atoms. The van der Waals surface area contributed by atoms with Gasteiger partial charge in [-0.2, -0.15) is 9.94 Å². The first-order chi connectivity index (χ1) is 19.7. The minimum absolute atomic E-state index is 0.288. The smallest absolute Gasteiger partial charge is 0.225 e. The van der Waals surface area contributed by atoms with Crippen LogP contribution in [0.1, 0.15) is 36.8 Å². The van der Waals surface area contributed by atoms with E-state index in [1.54, 1.807) is 18.2 Å². The van der Waals surface area contributed by atoms with Crippen molar-refractivity contribution in [3.63, 3.8) is 0 Å². The van der Waals surface area contributed by atoms with Gasteiger partial charge in [0.1, 0.15) is 11.3 Å². The van der Waals surface area contributed by atoms with Crippen LogP contribution in [-0.4, -0.2) is 40.3 Å². The van der Waals surface area contributed by atoms with Gasteiger partial charge in [-0.05, 0) is 40.5 Å². The SMILES string of the molecule is CCCCc1nc2cc(-c3cccc[n+]3[O-])c(CO)nc2n1Cc1ccc(-c2ccccc2-c2nn[nH]n2)cc1. The Labute approximate surface area is 230 Å². The van der Waals surface area contributed by atoms with Crippen LogP contribution in [0, 0.1) is 5.21 Å². The number of nitrogens with zero attached hydrogens (tertiary/aromatic N) is 7. The number of benzene rings is 2. The number of pyridine rings is 2. The zero-order chi connectivity index (χ0) is 27.5. The number of aromatic nitrogens is 8. The third-order valence-electron chi connectivity index (χ3n) is 7.00. The van der Waals surface area contributed by atoms with Gasteiger partial charge in [-0.25, -0.2) is 9.97 Å². The number of fused-ring (bicyclic) bond motifs is 1. The first-order valence-electron chi connectivity index (χ1n) is 13.3. The summed E-state index contributed by atoms with van der Waals surface area (Å²) in [5.41, 5.74) is 6.92. The Bertz CT molecular complexity index is 1760. The minimum Gasteiger partial charge on any atom is -0.618 e. The molecule has 0 radical (unpaired) electrons. The molecule has 0 unspecified atom stereocenters. The summed E-state index contributed by atoms with van der Waals surface area (Å²) in [6, 6.07) is 23.4. The molecule has 0 aliphatic heterocycles. The molecule has 0 saturated heterocycles. The lowest BCUT2D eigenvalue weighted by molar-refractivity contribution is -0.593. The Kier molecular flexibility index (Phi) is 6.98. The Morgan fingerprint density at radius 2 is 1.75 bits per heavy atom. The third-order valence-corrected chi connectivity index (χ3v) is 7.00. The number of tetrazole rings is 1. The predicted octanol–water partition coefficient (Wildman–Crippen LogP) is 4.46. The Hall–Kier alpha value is -4.96. The van der Waals surface area contributed by atoms with E-state index in [1.807, 2.05) is 30.3 Å². The summed E-state index contributed by atoms with van der Waals surface area (Å²) in [4.78, 5) is 9.74. The molecule has 0 atom stereocenters. The molecule has 10 heteroatoms. The van der Waals surface area contributed by atoms with E-state index >= 15 is 0 Å². The van der Waals surface area contributed by atoms with Gasteiger partial charge in [0.05, 0.1) is 24.4 Å². The number of aliphatic hydroxyl groups excluding tert-OH is 1. The molecule has 0 fully saturated rings. The van der Waals surface area contributed by atoms with Crippen molar-refractivity contribution in [1.82, 2.24) is 35.2 Å². The van der Waals surface area contributed by atoms with Crippen molar-refractivity contribution in [3.8, 4) is 33.8 Å². The highest BCUT2D eigenvalue weighted by atomic mass is 16.5. The van der Waals surface area contributed by atoms with Gasteiger partial charge in [0.25, 0.3) is 0 Å². The molecule has 0 amide bonds. The molecule has 0 aliphatic carbocycles. The summed E-state index contributed by atoms with van der Waals surface area (Å²) in [6.45, 7) is 2.44. The highest BCUT2D eigenvalue weighted by Crippen LogP contribution is 2.31. The highest BCUT2D eigenvalue weighted by molar-refractivity contribution is 5.81. The van der Waals surface area contributed by atoms with Gasteiger partial charge < -0.3 is 14.9 Å². The van der Waals surface area contributed by atoms with Crippen LogP contribution in [0.5, 0.6) is 0 Å². The van der Waals surface area contributed by atoms with E-state index in [4.69, 9.17) is 9.97 Å². The topological polar surface area (TPSA) is 132 Å². The van der Waals surface area contributed by atoms with Crippen molar-refractivity contribution in [2.45, 2.75) is 39.3 Å². The average Bonchev–Trinajstić information content (AvgIpc) is 3.64. The van der Waals surface area contributed by atoms with Crippen LogP contribution in [0.3, 0.4) is 0 Å². The van der Waals surface area contributed by atoms with Gasteiger partial charge in [-0.3, -0.25) is 0 Å². The molecule has 0 aliphatic rings. The summed E-state index contributed by atoms with van der Waals surface area (Å²) in [7, 11) is 0. The Morgan fingerprint density at radius 1 is 0.950 bits per heavy atom. The summed E-state index contributed by atoms with van der Waals surface area (Å²) in [5, 5.41) is 37.2. The maximum Gasteiger partial charge on any atom is 0.225 e. The lowest BCUT2D eigenvalue weighted by Crippen LogP contribution is -2.28. The molecule has 6 rings (SSSR count). The maximum atomic E-state index is 12.5. The fourth-order valence-electron chi connectivity index (χ4n) is 4.98. The van der Waals surface area contributed by atoms with E-state index in [-0.39, 0.29) is 6.61 Å². The zero-order valence-electron chi connectivity index (χ0n) is 22.0. The van der Waals surface area contributed by atoms with Crippen molar-refractivity contribution in [1.29, 1.82) is 0 Å². The number of hydrogen-bond donors (Lipinski definition) is 2. The lowest BCUT2D eigenvalue weighted by atomic mass is 9.98. The molecule has 6 aromatic rings.